The van der Waals surface area contributed by atoms with Gasteiger partial charge >= 0.3 is 0 Å². The second-order valence-electron chi connectivity index (χ2n) is 4.09. The first kappa shape index (κ1) is 13.3. The van der Waals surface area contributed by atoms with Crippen LogP contribution < -0.4 is 5.32 Å². The molecule has 0 saturated heterocycles. The Labute approximate surface area is 117 Å². The molecule has 0 saturated carbocycles. The van der Waals surface area contributed by atoms with Gasteiger partial charge in [-0.15, -0.1) is 0 Å². The molecule has 0 spiro atoms. The average molecular weight is 281 g/mol. The maximum atomic E-state index is 6.23. The Balaban J connectivity index is 2.48. The first-order valence-electron chi connectivity index (χ1n) is 5.67. The predicted molar refractivity (Wildman–Crippen MR) is 76.3 cm³/mol. The zero-order valence-corrected chi connectivity index (χ0v) is 11.8. The van der Waals surface area contributed by atoms with Crippen LogP contribution in [0.4, 0.5) is 0 Å². The topological polar surface area (TPSA) is 24.9 Å². The van der Waals surface area contributed by atoms with E-state index >= 15 is 0 Å². The van der Waals surface area contributed by atoms with Crippen molar-refractivity contribution in [1.82, 2.24) is 10.3 Å². The van der Waals surface area contributed by atoms with Gasteiger partial charge in [-0.3, -0.25) is 4.98 Å². The van der Waals surface area contributed by atoms with Crippen LogP contribution in [0.3, 0.4) is 0 Å². The van der Waals surface area contributed by atoms with E-state index in [0.29, 0.717) is 10.0 Å². The van der Waals surface area contributed by atoms with Crippen molar-refractivity contribution in [2.24, 2.45) is 0 Å². The zero-order valence-electron chi connectivity index (χ0n) is 10.2. The number of hydrogen-bond donors (Lipinski definition) is 1. The molecule has 4 heteroatoms. The van der Waals surface area contributed by atoms with Crippen molar-refractivity contribution in [3.05, 3.63) is 63.4 Å². The van der Waals surface area contributed by atoms with Crippen molar-refractivity contribution in [2.45, 2.75) is 13.0 Å². The van der Waals surface area contributed by atoms with Crippen molar-refractivity contribution in [3.8, 4) is 0 Å². The summed E-state index contributed by atoms with van der Waals surface area (Å²) in [5.74, 6) is 0. The highest BCUT2D eigenvalue weighted by atomic mass is 35.5. The van der Waals surface area contributed by atoms with Gasteiger partial charge in [0.05, 0.1) is 11.7 Å². The molecule has 1 unspecified atom stereocenters. The van der Waals surface area contributed by atoms with Gasteiger partial charge in [-0.05, 0) is 49.9 Å². The SMILES string of the molecule is CNC(c1cccc(C)n1)c1cc(Cl)ccc1Cl. The third-order valence-corrected chi connectivity index (χ3v) is 3.34. The molecule has 0 aliphatic rings. The molecule has 94 valence electrons. The van der Waals surface area contributed by atoms with E-state index in [1.165, 1.54) is 0 Å². The summed E-state index contributed by atoms with van der Waals surface area (Å²) >= 11 is 12.3. The van der Waals surface area contributed by atoms with Crippen molar-refractivity contribution in [1.29, 1.82) is 0 Å². The van der Waals surface area contributed by atoms with Crippen LogP contribution >= 0.6 is 23.2 Å². The summed E-state index contributed by atoms with van der Waals surface area (Å²) in [4.78, 5) is 4.53. The van der Waals surface area contributed by atoms with Gasteiger partial charge in [-0.2, -0.15) is 0 Å². The Kier molecular flexibility index (Phi) is 4.23. The van der Waals surface area contributed by atoms with Gasteiger partial charge in [0.2, 0.25) is 0 Å². The molecule has 0 aliphatic heterocycles. The minimum absolute atomic E-state index is 0.0592. The fourth-order valence-corrected chi connectivity index (χ4v) is 2.33. The van der Waals surface area contributed by atoms with Gasteiger partial charge in [0.1, 0.15) is 0 Å². The summed E-state index contributed by atoms with van der Waals surface area (Å²) in [5, 5.41) is 4.58. The molecule has 0 amide bonds. The maximum Gasteiger partial charge on any atom is 0.0764 e. The Bertz CT molecular complexity index is 555. The number of aryl methyl sites for hydroxylation is 1. The largest absolute Gasteiger partial charge is 0.308 e. The first-order chi connectivity index (χ1) is 8.61. The van der Waals surface area contributed by atoms with Gasteiger partial charge < -0.3 is 5.32 Å². The van der Waals surface area contributed by atoms with Crippen LogP contribution in [0.5, 0.6) is 0 Å². The molecule has 0 radical (unpaired) electrons. The lowest BCUT2D eigenvalue weighted by atomic mass is 10.0. The zero-order chi connectivity index (χ0) is 13.1. The minimum Gasteiger partial charge on any atom is -0.308 e. The first-order valence-corrected chi connectivity index (χ1v) is 6.43. The fourth-order valence-electron chi connectivity index (χ4n) is 1.92. The second-order valence-corrected chi connectivity index (χ2v) is 4.93. The van der Waals surface area contributed by atoms with Crippen molar-refractivity contribution in [3.63, 3.8) is 0 Å². The van der Waals surface area contributed by atoms with E-state index in [4.69, 9.17) is 23.2 Å². The summed E-state index contributed by atoms with van der Waals surface area (Å²) < 4.78 is 0. The lowest BCUT2D eigenvalue weighted by Gasteiger charge is -2.18. The van der Waals surface area contributed by atoms with Crippen LogP contribution in [-0.4, -0.2) is 12.0 Å². The lowest BCUT2D eigenvalue weighted by Crippen LogP contribution is -2.19. The van der Waals surface area contributed by atoms with Crippen LogP contribution in [0, 0.1) is 6.92 Å². The molecule has 1 aromatic carbocycles. The van der Waals surface area contributed by atoms with Gasteiger partial charge in [-0.25, -0.2) is 0 Å². The Morgan fingerprint density at radius 1 is 1.17 bits per heavy atom. The van der Waals surface area contributed by atoms with Crippen LogP contribution in [0.2, 0.25) is 10.0 Å². The molecule has 0 bridgehead atoms. The molecule has 18 heavy (non-hydrogen) atoms. The van der Waals surface area contributed by atoms with Gasteiger partial charge in [-0.1, -0.05) is 29.3 Å². The predicted octanol–water partition coefficient (Wildman–Crippen LogP) is 4.01. The van der Waals surface area contributed by atoms with E-state index in [9.17, 15) is 0 Å². The van der Waals surface area contributed by atoms with Crippen LogP contribution in [-0.2, 0) is 0 Å². The van der Waals surface area contributed by atoms with Crippen molar-refractivity contribution >= 4 is 23.2 Å². The van der Waals surface area contributed by atoms with E-state index in [1.54, 1.807) is 12.1 Å². The molecule has 0 fully saturated rings. The molecule has 1 N–H and O–H groups in total. The summed E-state index contributed by atoms with van der Waals surface area (Å²) in [6, 6.07) is 11.3. The number of nitrogens with zero attached hydrogens (tertiary/aromatic N) is 1. The van der Waals surface area contributed by atoms with Gasteiger partial charge in [0, 0.05) is 15.7 Å². The maximum absolute atomic E-state index is 6.23. The number of halogens is 2. The highest BCUT2D eigenvalue weighted by molar-refractivity contribution is 6.33. The molecule has 1 aromatic heterocycles. The number of aromatic nitrogens is 1. The summed E-state index contributed by atoms with van der Waals surface area (Å²) in [5.41, 5.74) is 2.84. The molecular formula is C14H14Cl2N2. The number of pyridine rings is 1. The van der Waals surface area contributed by atoms with Crippen LogP contribution in [0.25, 0.3) is 0 Å². The summed E-state index contributed by atoms with van der Waals surface area (Å²) in [6.07, 6.45) is 0. The van der Waals surface area contributed by atoms with E-state index in [2.05, 4.69) is 10.3 Å². The summed E-state index contributed by atoms with van der Waals surface area (Å²) in [7, 11) is 1.88. The fraction of sp³-hybridized carbons (Fsp3) is 0.214. The average Bonchev–Trinajstić information content (AvgIpc) is 2.35. The molecule has 0 aliphatic carbocycles. The second kappa shape index (κ2) is 5.70. The molecule has 2 nitrogen and oxygen atoms in total. The Morgan fingerprint density at radius 2 is 1.94 bits per heavy atom. The highest BCUT2D eigenvalue weighted by Gasteiger charge is 2.16. The molecular weight excluding hydrogens is 267 g/mol. The number of nitrogens with one attached hydrogen (secondary N) is 1. The Morgan fingerprint density at radius 3 is 2.61 bits per heavy atom. The number of hydrogen-bond acceptors (Lipinski definition) is 2. The monoisotopic (exact) mass is 280 g/mol. The Hall–Kier alpha value is -1.09. The van der Waals surface area contributed by atoms with E-state index < -0.39 is 0 Å². The molecule has 1 heterocycles. The van der Waals surface area contributed by atoms with E-state index in [0.717, 1.165) is 17.0 Å². The van der Waals surface area contributed by atoms with Gasteiger partial charge in [0.25, 0.3) is 0 Å². The lowest BCUT2D eigenvalue weighted by molar-refractivity contribution is 0.669. The number of benzene rings is 1. The van der Waals surface area contributed by atoms with Crippen molar-refractivity contribution < 1.29 is 0 Å². The van der Waals surface area contributed by atoms with Crippen molar-refractivity contribution in [2.75, 3.05) is 7.05 Å². The molecule has 1 atom stereocenters. The van der Waals surface area contributed by atoms with Crippen LogP contribution in [0.15, 0.2) is 36.4 Å². The normalized spacial score (nSPS) is 12.4. The minimum atomic E-state index is -0.0592. The molecule has 2 rings (SSSR count). The van der Waals surface area contributed by atoms with Crippen LogP contribution in [0.1, 0.15) is 23.0 Å². The van der Waals surface area contributed by atoms with E-state index in [-0.39, 0.29) is 6.04 Å². The quantitative estimate of drug-likeness (QED) is 0.919. The third-order valence-electron chi connectivity index (χ3n) is 2.76. The number of rotatable bonds is 3. The smallest absolute Gasteiger partial charge is 0.0764 e. The van der Waals surface area contributed by atoms with E-state index in [1.807, 2.05) is 38.2 Å². The summed E-state index contributed by atoms with van der Waals surface area (Å²) in [6.45, 7) is 1.97. The molecule has 2 aromatic rings. The van der Waals surface area contributed by atoms with Gasteiger partial charge in [0.15, 0.2) is 0 Å². The third kappa shape index (κ3) is 2.83. The standard InChI is InChI=1S/C14H14Cl2N2/c1-9-4-3-5-13(18-9)14(17-2)11-8-10(15)6-7-12(11)16/h3-8,14,17H,1-2H3. The highest BCUT2D eigenvalue weighted by Crippen LogP contribution is 2.29.